The van der Waals surface area contributed by atoms with Crippen molar-refractivity contribution in [3.8, 4) is 0 Å². The van der Waals surface area contributed by atoms with Gasteiger partial charge in [-0.15, -0.1) is 0 Å². The van der Waals surface area contributed by atoms with Gasteiger partial charge in [-0.25, -0.2) is 9.78 Å². The molecule has 0 unspecified atom stereocenters. The van der Waals surface area contributed by atoms with E-state index in [1.807, 2.05) is 19.1 Å². The fraction of sp³-hybridized carbons (Fsp3) is 0.462. The molecular weight excluding hydrogens is 400 g/mol. The third-order valence-corrected chi connectivity index (χ3v) is 7.36. The molecule has 0 radical (unpaired) electrons. The van der Waals surface area contributed by atoms with E-state index in [2.05, 4.69) is 47.1 Å². The molecule has 2 aliphatic heterocycles. The number of piperidine rings is 1. The molecule has 6 heteroatoms. The number of fused-ring (bicyclic) bond motifs is 3. The van der Waals surface area contributed by atoms with Gasteiger partial charge in [0.15, 0.2) is 0 Å². The third kappa shape index (κ3) is 3.66. The van der Waals surface area contributed by atoms with Crippen LogP contribution in [-0.2, 0) is 12.8 Å². The van der Waals surface area contributed by atoms with Crippen LogP contribution in [0.1, 0.15) is 56.1 Å². The van der Waals surface area contributed by atoms with Gasteiger partial charge in [-0.05, 0) is 76.2 Å². The maximum absolute atomic E-state index is 12.0. The zero-order valence-corrected chi connectivity index (χ0v) is 18.9. The van der Waals surface area contributed by atoms with Gasteiger partial charge in [0.05, 0.1) is 16.7 Å². The fourth-order valence-electron chi connectivity index (χ4n) is 5.60. The second kappa shape index (κ2) is 8.58. The number of benzene rings is 2. The molecule has 1 amide bonds. The van der Waals surface area contributed by atoms with Crippen LogP contribution in [0, 0.1) is 5.92 Å². The van der Waals surface area contributed by atoms with E-state index in [-0.39, 0.29) is 6.04 Å². The molecule has 0 bridgehead atoms. The van der Waals surface area contributed by atoms with Crippen molar-refractivity contribution in [2.75, 3.05) is 18.0 Å². The molecule has 3 aromatic rings. The smallest absolute Gasteiger partial charge is 0.412 e. The quantitative estimate of drug-likeness (QED) is 0.608. The van der Waals surface area contributed by atoms with Crippen molar-refractivity contribution < 1.29 is 9.90 Å². The molecule has 1 saturated heterocycles. The van der Waals surface area contributed by atoms with E-state index in [1.54, 1.807) is 0 Å². The van der Waals surface area contributed by atoms with Gasteiger partial charge in [-0.2, -0.15) is 0 Å². The highest BCUT2D eigenvalue weighted by atomic mass is 16.4. The Balaban J connectivity index is 1.65. The van der Waals surface area contributed by atoms with E-state index in [0.29, 0.717) is 12.0 Å². The first-order valence-corrected chi connectivity index (χ1v) is 11.8. The summed E-state index contributed by atoms with van der Waals surface area (Å²) in [6.45, 7) is 6.43. The van der Waals surface area contributed by atoms with Gasteiger partial charge in [-0.1, -0.05) is 30.3 Å². The SMILES string of the molecule is C[C@H]([C@@H]1CCCNC1)n1c(Cc2ccccc2)nc2c3c(ccc21)N(C(=O)O)[C@@H](C)CC3. The molecular formula is C26H32N4O2. The zero-order valence-electron chi connectivity index (χ0n) is 18.9. The molecule has 1 fully saturated rings. The van der Waals surface area contributed by atoms with Crippen LogP contribution >= 0.6 is 0 Å². The number of imidazole rings is 1. The first-order chi connectivity index (χ1) is 15.5. The van der Waals surface area contributed by atoms with Crippen LogP contribution in [0.25, 0.3) is 11.0 Å². The van der Waals surface area contributed by atoms with Crippen molar-refractivity contribution in [1.29, 1.82) is 0 Å². The molecule has 168 valence electrons. The Labute approximate surface area is 189 Å². The highest BCUT2D eigenvalue weighted by molar-refractivity contribution is 5.94. The lowest BCUT2D eigenvalue weighted by atomic mass is 9.92. The van der Waals surface area contributed by atoms with Gasteiger partial charge in [0, 0.05) is 24.1 Å². The van der Waals surface area contributed by atoms with E-state index in [0.717, 1.165) is 60.5 Å². The minimum absolute atomic E-state index is 0.0180. The highest BCUT2D eigenvalue weighted by Gasteiger charge is 2.32. The average Bonchev–Trinajstić information content (AvgIpc) is 3.17. The van der Waals surface area contributed by atoms with Crippen LogP contribution < -0.4 is 10.2 Å². The Morgan fingerprint density at radius 1 is 1.22 bits per heavy atom. The van der Waals surface area contributed by atoms with Gasteiger partial charge in [0.25, 0.3) is 0 Å². The number of carbonyl (C=O) groups is 1. The Morgan fingerprint density at radius 2 is 2.03 bits per heavy atom. The van der Waals surface area contributed by atoms with E-state index in [1.165, 1.54) is 23.3 Å². The fourth-order valence-corrected chi connectivity index (χ4v) is 5.60. The molecule has 6 nitrogen and oxygen atoms in total. The number of aromatic nitrogens is 2. The standard InChI is InChI=1S/C26H32N4O2/c1-17-10-11-21-22(29(17)26(31)32)12-13-23-25(21)28-24(15-19-7-4-3-5-8-19)30(23)18(2)20-9-6-14-27-16-20/h3-5,7-8,12-13,17-18,20,27H,6,9-11,14-16H2,1-2H3,(H,31,32)/t17-,18+,20+/m0/s1. The largest absolute Gasteiger partial charge is 0.465 e. The number of nitrogens with one attached hydrogen (secondary N) is 1. The number of hydrogen-bond donors (Lipinski definition) is 2. The normalized spacial score (nSPS) is 22.0. The van der Waals surface area contributed by atoms with E-state index >= 15 is 0 Å². The van der Waals surface area contributed by atoms with Crippen LogP contribution in [0.4, 0.5) is 10.5 Å². The number of nitrogens with zero attached hydrogens (tertiary/aromatic N) is 3. The van der Waals surface area contributed by atoms with Crippen LogP contribution in [0.3, 0.4) is 0 Å². The van der Waals surface area contributed by atoms with Crippen LogP contribution in [-0.4, -0.2) is 39.9 Å². The van der Waals surface area contributed by atoms with Gasteiger partial charge in [0.2, 0.25) is 0 Å². The molecule has 1 aromatic heterocycles. The summed E-state index contributed by atoms with van der Waals surface area (Å²) >= 11 is 0. The predicted octanol–water partition coefficient (Wildman–Crippen LogP) is 5.01. The summed E-state index contributed by atoms with van der Waals surface area (Å²) in [7, 11) is 0. The topological polar surface area (TPSA) is 70.4 Å². The van der Waals surface area contributed by atoms with Gasteiger partial charge < -0.3 is 15.0 Å². The summed E-state index contributed by atoms with van der Waals surface area (Å²) in [5.74, 6) is 1.63. The van der Waals surface area contributed by atoms with Gasteiger partial charge in [-0.3, -0.25) is 4.90 Å². The minimum Gasteiger partial charge on any atom is -0.465 e. The number of rotatable bonds is 4. The van der Waals surface area contributed by atoms with Gasteiger partial charge >= 0.3 is 6.09 Å². The van der Waals surface area contributed by atoms with E-state index in [4.69, 9.17) is 4.98 Å². The molecule has 0 spiro atoms. The summed E-state index contributed by atoms with van der Waals surface area (Å²) in [6, 6.07) is 14.9. The number of carboxylic acid groups (broad SMARTS) is 1. The molecule has 2 aromatic carbocycles. The zero-order chi connectivity index (χ0) is 22.2. The Hall–Kier alpha value is -2.86. The summed E-state index contributed by atoms with van der Waals surface area (Å²) < 4.78 is 2.43. The van der Waals surface area contributed by atoms with Crippen molar-refractivity contribution in [1.82, 2.24) is 14.9 Å². The van der Waals surface area contributed by atoms with Gasteiger partial charge in [0.1, 0.15) is 5.82 Å². The molecule has 3 heterocycles. The lowest BCUT2D eigenvalue weighted by molar-refractivity contribution is 0.198. The highest BCUT2D eigenvalue weighted by Crippen LogP contribution is 2.38. The van der Waals surface area contributed by atoms with E-state index < -0.39 is 6.09 Å². The number of aryl methyl sites for hydroxylation is 1. The molecule has 3 atom stereocenters. The molecule has 2 aliphatic rings. The maximum atomic E-state index is 12.0. The van der Waals surface area contributed by atoms with Crippen molar-refractivity contribution in [2.24, 2.45) is 5.92 Å². The molecule has 5 rings (SSSR count). The summed E-state index contributed by atoms with van der Waals surface area (Å²) in [6.07, 6.45) is 3.99. The molecule has 32 heavy (non-hydrogen) atoms. The van der Waals surface area contributed by atoms with Crippen molar-refractivity contribution in [3.05, 3.63) is 59.4 Å². The van der Waals surface area contributed by atoms with Crippen molar-refractivity contribution in [2.45, 2.75) is 58.0 Å². The lowest BCUT2D eigenvalue weighted by Gasteiger charge is -2.33. The first kappa shape index (κ1) is 21.0. The van der Waals surface area contributed by atoms with Crippen LogP contribution in [0.15, 0.2) is 42.5 Å². The monoisotopic (exact) mass is 432 g/mol. The summed E-state index contributed by atoms with van der Waals surface area (Å²) in [5.41, 5.74) is 5.22. The first-order valence-electron chi connectivity index (χ1n) is 11.8. The number of hydrogen-bond acceptors (Lipinski definition) is 3. The Morgan fingerprint density at radius 3 is 2.75 bits per heavy atom. The summed E-state index contributed by atoms with van der Waals surface area (Å²) in [4.78, 5) is 18.7. The predicted molar refractivity (Wildman–Crippen MR) is 128 cm³/mol. The minimum atomic E-state index is -0.886. The Bertz CT molecular complexity index is 1120. The molecule has 0 aliphatic carbocycles. The average molecular weight is 433 g/mol. The number of amides is 1. The third-order valence-electron chi connectivity index (χ3n) is 7.36. The molecule has 2 N–H and O–H groups in total. The van der Waals surface area contributed by atoms with Crippen molar-refractivity contribution >= 4 is 22.8 Å². The van der Waals surface area contributed by atoms with Crippen LogP contribution in [0.5, 0.6) is 0 Å². The number of anilines is 1. The molecule has 0 saturated carbocycles. The lowest BCUT2D eigenvalue weighted by Crippen LogP contribution is -2.41. The second-order valence-electron chi connectivity index (χ2n) is 9.38. The van der Waals surface area contributed by atoms with E-state index in [9.17, 15) is 9.90 Å². The maximum Gasteiger partial charge on any atom is 0.412 e. The van der Waals surface area contributed by atoms with Crippen molar-refractivity contribution in [3.63, 3.8) is 0 Å². The van der Waals surface area contributed by atoms with Crippen LogP contribution in [0.2, 0.25) is 0 Å². The Kier molecular flexibility index (Phi) is 5.64. The second-order valence-corrected chi connectivity index (χ2v) is 9.38. The summed E-state index contributed by atoms with van der Waals surface area (Å²) in [5, 5.41) is 13.4.